The number of nitrogens with one attached hydrogen (secondary N) is 1. The number of nitro groups is 1. The summed E-state index contributed by atoms with van der Waals surface area (Å²) in [6.45, 7) is 0.316. The predicted molar refractivity (Wildman–Crippen MR) is 127 cm³/mol. The van der Waals surface area contributed by atoms with Crippen molar-refractivity contribution in [2.45, 2.75) is 0 Å². The van der Waals surface area contributed by atoms with Gasteiger partial charge in [-0.2, -0.15) is 0 Å². The number of rotatable bonds is 9. The van der Waals surface area contributed by atoms with E-state index in [1.54, 1.807) is 61.7 Å². The summed E-state index contributed by atoms with van der Waals surface area (Å²) in [7, 11) is 1.57. The van der Waals surface area contributed by atoms with Gasteiger partial charge in [-0.3, -0.25) is 25.1 Å². The van der Waals surface area contributed by atoms with Gasteiger partial charge < -0.3 is 14.2 Å². The van der Waals surface area contributed by atoms with Crippen molar-refractivity contribution >= 4 is 29.3 Å². The lowest BCUT2D eigenvalue weighted by Gasteiger charge is -2.14. The molecule has 0 aliphatic carbocycles. The lowest BCUT2D eigenvalue weighted by atomic mass is 10.1. The van der Waals surface area contributed by atoms with E-state index < -0.39 is 16.7 Å². The van der Waals surface area contributed by atoms with Crippen molar-refractivity contribution < 1.29 is 28.7 Å². The smallest absolute Gasteiger partial charge is 0.282 e. The second kappa shape index (κ2) is 10.4. The Morgan fingerprint density at radius 3 is 2.31 bits per heavy atom. The van der Waals surface area contributed by atoms with Crippen molar-refractivity contribution in [2.75, 3.05) is 25.3 Å². The molecule has 0 bridgehead atoms. The van der Waals surface area contributed by atoms with E-state index in [0.717, 1.165) is 5.01 Å². The molecular weight excluding hydrogens is 454 g/mol. The first-order valence-electron chi connectivity index (χ1n) is 10.6. The van der Waals surface area contributed by atoms with E-state index >= 15 is 0 Å². The summed E-state index contributed by atoms with van der Waals surface area (Å²) in [6, 6.07) is 19.6. The van der Waals surface area contributed by atoms with Gasteiger partial charge in [0.1, 0.15) is 36.0 Å². The summed E-state index contributed by atoms with van der Waals surface area (Å²) >= 11 is 0. The second-order valence-electron chi connectivity index (χ2n) is 7.33. The van der Waals surface area contributed by atoms with Crippen LogP contribution in [0.1, 0.15) is 5.56 Å². The van der Waals surface area contributed by atoms with E-state index in [1.165, 1.54) is 24.3 Å². The van der Waals surface area contributed by atoms with Crippen LogP contribution in [-0.4, -0.2) is 37.1 Å². The number of ether oxygens (including phenoxy) is 3. The molecule has 0 aromatic heterocycles. The molecule has 1 aliphatic rings. The molecule has 10 nitrogen and oxygen atoms in total. The number of carbonyl (C=O) groups is 2. The van der Waals surface area contributed by atoms with Crippen molar-refractivity contribution in [3.8, 4) is 17.2 Å². The molecule has 3 aromatic carbocycles. The number of anilines is 1. The molecule has 3 aromatic rings. The van der Waals surface area contributed by atoms with Crippen molar-refractivity contribution in [3.63, 3.8) is 0 Å². The molecule has 1 N–H and O–H groups in total. The molecule has 4 rings (SSSR count). The Bertz CT molecular complexity index is 1270. The number of nitrogens with zero attached hydrogens (tertiary/aromatic N) is 2. The number of hydrogen-bond donors (Lipinski definition) is 1. The molecule has 178 valence electrons. The fraction of sp³-hybridized carbons (Fsp3) is 0.120. The highest BCUT2D eigenvalue weighted by molar-refractivity contribution is 6.31. The van der Waals surface area contributed by atoms with Gasteiger partial charge >= 0.3 is 0 Å². The van der Waals surface area contributed by atoms with Crippen LogP contribution in [0.15, 0.2) is 78.4 Å². The Morgan fingerprint density at radius 2 is 1.63 bits per heavy atom. The maximum Gasteiger partial charge on any atom is 0.282 e. The Balaban J connectivity index is 1.51. The van der Waals surface area contributed by atoms with E-state index in [0.29, 0.717) is 17.2 Å². The molecular formula is C25H21N3O7. The highest BCUT2D eigenvalue weighted by atomic mass is 16.6. The molecule has 0 spiro atoms. The second-order valence-corrected chi connectivity index (χ2v) is 7.33. The van der Waals surface area contributed by atoms with E-state index in [-0.39, 0.29) is 35.8 Å². The molecule has 1 aliphatic heterocycles. The minimum Gasteiger partial charge on any atom is -0.497 e. The van der Waals surface area contributed by atoms with Gasteiger partial charge in [0.05, 0.1) is 17.7 Å². The average molecular weight is 475 g/mol. The van der Waals surface area contributed by atoms with Crippen LogP contribution in [0.3, 0.4) is 0 Å². The number of methoxy groups -OCH3 is 1. The standard InChI is InChI=1S/C25H21N3O7/c1-33-20-8-10-21(11-9-20)34-13-14-35-23-12-7-19(28(31)32)15-17(23)16-22-24(29)26-27(25(22)30)18-5-3-2-4-6-18/h2-12,15-16H,13-14H2,1H3,(H,26,29). The van der Waals surface area contributed by atoms with Crippen LogP contribution in [0.2, 0.25) is 0 Å². The maximum atomic E-state index is 12.9. The summed E-state index contributed by atoms with van der Waals surface area (Å²) < 4.78 is 16.5. The maximum absolute atomic E-state index is 12.9. The molecule has 2 amide bonds. The molecule has 1 saturated heterocycles. The molecule has 0 unspecified atom stereocenters. The average Bonchev–Trinajstić information content (AvgIpc) is 3.16. The number of benzene rings is 3. The van der Waals surface area contributed by atoms with Crippen LogP contribution >= 0.6 is 0 Å². The molecule has 0 saturated carbocycles. The number of para-hydroxylation sites is 1. The third kappa shape index (κ3) is 5.38. The van der Waals surface area contributed by atoms with Gasteiger partial charge in [-0.1, -0.05) is 18.2 Å². The van der Waals surface area contributed by atoms with Crippen LogP contribution in [-0.2, 0) is 9.59 Å². The minimum atomic E-state index is -0.626. The third-order valence-electron chi connectivity index (χ3n) is 5.08. The Hall–Kier alpha value is -4.86. The van der Waals surface area contributed by atoms with Crippen LogP contribution in [0.5, 0.6) is 17.2 Å². The van der Waals surface area contributed by atoms with Gasteiger partial charge in [0.2, 0.25) is 0 Å². The molecule has 0 radical (unpaired) electrons. The summed E-state index contributed by atoms with van der Waals surface area (Å²) in [6.07, 6.45) is 1.28. The summed E-state index contributed by atoms with van der Waals surface area (Å²) in [5.74, 6) is 0.379. The fourth-order valence-corrected chi connectivity index (χ4v) is 3.35. The molecule has 35 heavy (non-hydrogen) atoms. The SMILES string of the molecule is COc1ccc(OCCOc2ccc([N+](=O)[O-])cc2C=C2C(=O)NN(c3ccccc3)C2=O)cc1. The van der Waals surface area contributed by atoms with Crippen LogP contribution in [0.25, 0.3) is 6.08 Å². The first-order chi connectivity index (χ1) is 17.0. The highest BCUT2D eigenvalue weighted by Crippen LogP contribution is 2.29. The normalized spacial score (nSPS) is 14.1. The monoisotopic (exact) mass is 475 g/mol. The topological polar surface area (TPSA) is 120 Å². The number of hydrogen-bond acceptors (Lipinski definition) is 7. The fourth-order valence-electron chi connectivity index (χ4n) is 3.35. The number of hydrazine groups is 1. The van der Waals surface area contributed by atoms with Crippen molar-refractivity contribution in [1.82, 2.24) is 5.43 Å². The summed E-state index contributed by atoms with van der Waals surface area (Å²) in [5, 5.41) is 12.4. The van der Waals surface area contributed by atoms with E-state index in [4.69, 9.17) is 14.2 Å². The number of nitro benzene ring substituents is 1. The molecule has 10 heteroatoms. The van der Waals surface area contributed by atoms with Gasteiger partial charge in [-0.05, 0) is 48.5 Å². The van der Waals surface area contributed by atoms with E-state index in [9.17, 15) is 19.7 Å². The molecule has 1 heterocycles. The van der Waals surface area contributed by atoms with Gasteiger partial charge in [0.15, 0.2) is 0 Å². The number of carbonyl (C=O) groups excluding carboxylic acids is 2. The van der Waals surface area contributed by atoms with Crippen molar-refractivity contribution in [3.05, 3.63) is 94.0 Å². The highest BCUT2D eigenvalue weighted by Gasteiger charge is 2.34. The summed E-state index contributed by atoms with van der Waals surface area (Å²) in [4.78, 5) is 36.1. The predicted octanol–water partition coefficient (Wildman–Crippen LogP) is 3.52. The van der Waals surface area contributed by atoms with Crippen LogP contribution in [0, 0.1) is 10.1 Å². The lowest BCUT2D eigenvalue weighted by molar-refractivity contribution is -0.384. The zero-order chi connectivity index (χ0) is 24.8. The van der Waals surface area contributed by atoms with Crippen LogP contribution < -0.4 is 24.6 Å². The minimum absolute atomic E-state index is 0.121. The molecule has 0 atom stereocenters. The van der Waals surface area contributed by atoms with Crippen molar-refractivity contribution in [1.29, 1.82) is 0 Å². The third-order valence-corrected chi connectivity index (χ3v) is 5.08. The largest absolute Gasteiger partial charge is 0.497 e. The zero-order valence-corrected chi connectivity index (χ0v) is 18.7. The zero-order valence-electron chi connectivity index (χ0n) is 18.7. The van der Waals surface area contributed by atoms with Gasteiger partial charge in [0, 0.05) is 17.7 Å². The van der Waals surface area contributed by atoms with Gasteiger partial charge in [0.25, 0.3) is 17.5 Å². The Kier molecular flexibility index (Phi) is 6.91. The van der Waals surface area contributed by atoms with Gasteiger partial charge in [-0.25, -0.2) is 5.01 Å². The van der Waals surface area contributed by atoms with Crippen molar-refractivity contribution in [2.24, 2.45) is 0 Å². The Labute approximate surface area is 200 Å². The quantitative estimate of drug-likeness (QED) is 0.165. The lowest BCUT2D eigenvalue weighted by Crippen LogP contribution is -2.35. The van der Waals surface area contributed by atoms with Gasteiger partial charge in [-0.15, -0.1) is 0 Å². The van der Waals surface area contributed by atoms with E-state index in [1.807, 2.05) is 0 Å². The number of amides is 2. The first-order valence-corrected chi connectivity index (χ1v) is 10.6. The summed E-state index contributed by atoms with van der Waals surface area (Å²) in [5.41, 5.74) is 2.83. The first kappa shape index (κ1) is 23.3. The number of non-ortho nitro benzene ring substituents is 1. The van der Waals surface area contributed by atoms with Crippen LogP contribution in [0.4, 0.5) is 11.4 Å². The Morgan fingerprint density at radius 1 is 0.943 bits per heavy atom. The molecule has 1 fully saturated rings. The van der Waals surface area contributed by atoms with E-state index in [2.05, 4.69) is 5.43 Å².